The Balaban J connectivity index is 2.14. The van der Waals surface area contributed by atoms with Gasteiger partial charge in [0.1, 0.15) is 5.75 Å². The molecule has 0 bridgehead atoms. The predicted molar refractivity (Wildman–Crippen MR) is 77.1 cm³/mol. The van der Waals surface area contributed by atoms with E-state index in [9.17, 15) is 0 Å². The van der Waals surface area contributed by atoms with Gasteiger partial charge < -0.3 is 14.3 Å². The number of thiophene rings is 1. The molecule has 3 aromatic rings. The third kappa shape index (κ3) is 1.95. The van der Waals surface area contributed by atoms with E-state index in [1.807, 2.05) is 18.2 Å². The maximum absolute atomic E-state index is 5.38. The second-order valence-electron chi connectivity index (χ2n) is 3.98. The minimum absolute atomic E-state index is 0.742. The average molecular weight is 276 g/mol. The van der Waals surface area contributed by atoms with Crippen molar-refractivity contribution in [2.24, 2.45) is 0 Å². The minimum atomic E-state index is 0.742. The maximum Gasteiger partial charge on any atom is 0.178 e. The number of fused-ring (bicyclic) bond motifs is 1. The standard InChI is InChI=1S/C13H12N2OS2/c1-16-9-4-5-11-12(7-9)15(13(17)14-11)8-10-3-2-6-18-10/h2-7H,8H2,1H3,(H,14,17). The van der Waals surface area contributed by atoms with Gasteiger partial charge in [-0.2, -0.15) is 0 Å². The zero-order valence-corrected chi connectivity index (χ0v) is 11.5. The molecule has 0 spiro atoms. The molecule has 2 aromatic heterocycles. The average Bonchev–Trinajstić information content (AvgIpc) is 2.99. The third-order valence-corrected chi connectivity index (χ3v) is 4.06. The highest BCUT2D eigenvalue weighted by Gasteiger charge is 2.06. The molecule has 0 atom stereocenters. The highest BCUT2D eigenvalue weighted by Crippen LogP contribution is 2.22. The topological polar surface area (TPSA) is 29.9 Å². The van der Waals surface area contributed by atoms with Crippen molar-refractivity contribution in [2.75, 3.05) is 7.11 Å². The first-order valence-corrected chi connectivity index (χ1v) is 6.85. The molecular formula is C13H12N2OS2. The second kappa shape index (κ2) is 4.59. The maximum atomic E-state index is 5.38. The fraction of sp³-hybridized carbons (Fsp3) is 0.154. The lowest BCUT2D eigenvalue weighted by molar-refractivity contribution is 0.415. The molecule has 0 radical (unpaired) electrons. The predicted octanol–water partition coefficient (Wildman–Crippen LogP) is 3.82. The molecule has 3 rings (SSSR count). The number of nitrogens with one attached hydrogen (secondary N) is 1. The number of rotatable bonds is 3. The summed E-state index contributed by atoms with van der Waals surface area (Å²) >= 11 is 7.11. The van der Waals surface area contributed by atoms with E-state index in [4.69, 9.17) is 17.0 Å². The van der Waals surface area contributed by atoms with E-state index in [0.717, 1.165) is 28.1 Å². The van der Waals surface area contributed by atoms with Crippen LogP contribution in [0.4, 0.5) is 0 Å². The summed E-state index contributed by atoms with van der Waals surface area (Å²) in [5, 5.41) is 2.08. The highest BCUT2D eigenvalue weighted by atomic mass is 32.1. The van der Waals surface area contributed by atoms with Crippen molar-refractivity contribution < 1.29 is 4.74 Å². The summed E-state index contributed by atoms with van der Waals surface area (Å²) in [5.74, 6) is 0.844. The number of hydrogen-bond donors (Lipinski definition) is 1. The summed E-state index contributed by atoms with van der Waals surface area (Å²) in [7, 11) is 1.67. The first-order valence-electron chi connectivity index (χ1n) is 5.57. The summed E-state index contributed by atoms with van der Waals surface area (Å²) < 4.78 is 8.10. The monoisotopic (exact) mass is 276 g/mol. The third-order valence-electron chi connectivity index (χ3n) is 2.88. The van der Waals surface area contributed by atoms with Crippen molar-refractivity contribution in [1.29, 1.82) is 0 Å². The van der Waals surface area contributed by atoms with E-state index < -0.39 is 0 Å². The van der Waals surface area contributed by atoms with Crippen LogP contribution in [0.3, 0.4) is 0 Å². The molecule has 0 fully saturated rings. The molecule has 18 heavy (non-hydrogen) atoms. The minimum Gasteiger partial charge on any atom is -0.497 e. The molecule has 0 saturated heterocycles. The first kappa shape index (κ1) is 11.5. The zero-order valence-electron chi connectivity index (χ0n) is 9.84. The van der Waals surface area contributed by atoms with Crippen molar-refractivity contribution in [2.45, 2.75) is 6.54 Å². The SMILES string of the molecule is COc1ccc2[nH]c(=S)n(Cc3cccs3)c2c1. The van der Waals surface area contributed by atoms with Gasteiger partial charge in [0.2, 0.25) is 0 Å². The Morgan fingerprint density at radius 3 is 3.00 bits per heavy atom. The van der Waals surface area contributed by atoms with Gasteiger partial charge in [-0.25, -0.2) is 0 Å². The normalized spacial score (nSPS) is 10.9. The van der Waals surface area contributed by atoms with Crippen molar-refractivity contribution in [3.8, 4) is 5.75 Å². The highest BCUT2D eigenvalue weighted by molar-refractivity contribution is 7.71. The Bertz CT molecular complexity index is 725. The molecule has 0 aliphatic rings. The van der Waals surface area contributed by atoms with Crippen LogP contribution in [0.1, 0.15) is 4.88 Å². The molecular weight excluding hydrogens is 264 g/mol. The van der Waals surface area contributed by atoms with E-state index in [-0.39, 0.29) is 0 Å². The van der Waals surface area contributed by atoms with Crippen LogP contribution in [0.15, 0.2) is 35.7 Å². The number of imidazole rings is 1. The number of aromatic nitrogens is 2. The Morgan fingerprint density at radius 2 is 2.28 bits per heavy atom. The van der Waals surface area contributed by atoms with Gasteiger partial charge in [0, 0.05) is 10.9 Å². The summed E-state index contributed by atoms with van der Waals surface area (Å²) in [6.07, 6.45) is 0. The molecule has 0 amide bonds. The molecule has 5 heteroatoms. The van der Waals surface area contributed by atoms with E-state index in [2.05, 4.69) is 27.1 Å². The van der Waals surface area contributed by atoms with Crippen LogP contribution >= 0.6 is 23.6 Å². The second-order valence-corrected chi connectivity index (χ2v) is 5.40. The van der Waals surface area contributed by atoms with Crippen LogP contribution in [-0.2, 0) is 6.54 Å². The fourth-order valence-corrected chi connectivity index (χ4v) is 2.94. The van der Waals surface area contributed by atoms with Crippen molar-refractivity contribution in [3.05, 3.63) is 45.4 Å². The van der Waals surface area contributed by atoms with Crippen LogP contribution in [0, 0.1) is 4.77 Å². The van der Waals surface area contributed by atoms with Gasteiger partial charge in [-0.3, -0.25) is 0 Å². The van der Waals surface area contributed by atoms with Crippen LogP contribution in [0.25, 0.3) is 11.0 Å². The Hall–Kier alpha value is -1.59. The quantitative estimate of drug-likeness (QED) is 0.737. The Kier molecular flexibility index (Phi) is 2.93. The molecule has 0 aliphatic heterocycles. The Morgan fingerprint density at radius 1 is 1.39 bits per heavy atom. The molecule has 1 N–H and O–H groups in total. The summed E-state index contributed by atoms with van der Waals surface area (Å²) in [6.45, 7) is 0.795. The number of aromatic amines is 1. The molecule has 92 valence electrons. The first-order chi connectivity index (χ1) is 8.78. The lowest BCUT2D eigenvalue weighted by Crippen LogP contribution is -1.97. The van der Waals surface area contributed by atoms with Crippen LogP contribution in [-0.4, -0.2) is 16.7 Å². The lowest BCUT2D eigenvalue weighted by Gasteiger charge is -2.04. The molecule has 3 nitrogen and oxygen atoms in total. The molecule has 1 aromatic carbocycles. The van der Waals surface area contributed by atoms with Gasteiger partial charge in [-0.1, -0.05) is 6.07 Å². The molecule has 0 aliphatic carbocycles. The van der Waals surface area contributed by atoms with E-state index in [1.165, 1.54) is 4.88 Å². The van der Waals surface area contributed by atoms with Crippen LogP contribution in [0.5, 0.6) is 5.75 Å². The van der Waals surface area contributed by atoms with Crippen molar-refractivity contribution >= 4 is 34.6 Å². The summed E-state index contributed by atoms with van der Waals surface area (Å²) in [6, 6.07) is 10.1. The van der Waals surface area contributed by atoms with Gasteiger partial charge in [-0.05, 0) is 35.8 Å². The number of benzene rings is 1. The Labute approximate surface area is 114 Å². The van der Waals surface area contributed by atoms with Gasteiger partial charge in [0.15, 0.2) is 4.77 Å². The number of methoxy groups -OCH3 is 1. The summed E-state index contributed by atoms with van der Waals surface area (Å²) in [4.78, 5) is 4.50. The number of ether oxygens (including phenoxy) is 1. The van der Waals surface area contributed by atoms with E-state index in [0.29, 0.717) is 0 Å². The van der Waals surface area contributed by atoms with Crippen LogP contribution < -0.4 is 4.74 Å². The van der Waals surface area contributed by atoms with Crippen molar-refractivity contribution in [1.82, 2.24) is 9.55 Å². The number of H-pyrrole nitrogens is 1. The summed E-state index contributed by atoms with van der Waals surface area (Å²) in [5.41, 5.74) is 2.12. The largest absolute Gasteiger partial charge is 0.497 e. The van der Waals surface area contributed by atoms with Crippen LogP contribution in [0.2, 0.25) is 0 Å². The van der Waals surface area contributed by atoms with Gasteiger partial charge in [-0.15, -0.1) is 11.3 Å². The fourth-order valence-electron chi connectivity index (χ4n) is 1.97. The molecule has 2 heterocycles. The molecule has 0 saturated carbocycles. The zero-order chi connectivity index (χ0) is 12.5. The van der Waals surface area contributed by atoms with Crippen molar-refractivity contribution in [3.63, 3.8) is 0 Å². The van der Waals surface area contributed by atoms with Gasteiger partial charge >= 0.3 is 0 Å². The number of hydrogen-bond acceptors (Lipinski definition) is 3. The number of nitrogens with zero attached hydrogens (tertiary/aromatic N) is 1. The van der Waals surface area contributed by atoms with Gasteiger partial charge in [0.25, 0.3) is 0 Å². The molecule has 0 unspecified atom stereocenters. The van der Waals surface area contributed by atoms with Gasteiger partial charge in [0.05, 0.1) is 24.7 Å². The smallest absolute Gasteiger partial charge is 0.178 e. The van der Waals surface area contributed by atoms with E-state index >= 15 is 0 Å². The lowest BCUT2D eigenvalue weighted by atomic mass is 10.3. The van der Waals surface area contributed by atoms with E-state index in [1.54, 1.807) is 18.4 Å².